The maximum absolute atomic E-state index is 11.8. The van der Waals surface area contributed by atoms with E-state index in [-0.39, 0.29) is 11.5 Å². The van der Waals surface area contributed by atoms with E-state index >= 15 is 0 Å². The first-order valence-corrected chi connectivity index (χ1v) is 4.81. The van der Waals surface area contributed by atoms with E-state index in [1.54, 1.807) is 0 Å². The summed E-state index contributed by atoms with van der Waals surface area (Å²) < 4.78 is 49.5. The minimum Gasteiger partial charge on any atom is -0.493 e. The molecule has 1 aromatic rings. The van der Waals surface area contributed by atoms with E-state index in [1.807, 2.05) is 6.07 Å². The number of halogens is 3. The molecule has 18 heavy (non-hydrogen) atoms. The smallest absolute Gasteiger partial charge is 0.411 e. The largest absolute Gasteiger partial charge is 0.493 e. The molecular formula is C11H10F3NO3. The molecule has 0 saturated heterocycles. The quantitative estimate of drug-likeness (QED) is 0.603. The molecule has 0 fully saturated rings. The van der Waals surface area contributed by atoms with Gasteiger partial charge < -0.3 is 14.2 Å². The summed E-state index contributed by atoms with van der Waals surface area (Å²) in [5.74, 6) is 0.461. The zero-order valence-corrected chi connectivity index (χ0v) is 9.45. The Morgan fingerprint density at radius 1 is 1.28 bits per heavy atom. The van der Waals surface area contributed by atoms with Crippen molar-refractivity contribution >= 4 is 0 Å². The van der Waals surface area contributed by atoms with E-state index in [9.17, 15) is 13.2 Å². The molecule has 0 amide bonds. The number of alkyl halides is 3. The molecule has 7 heteroatoms. The number of nitrogens with zero attached hydrogens (tertiary/aromatic N) is 1. The van der Waals surface area contributed by atoms with Crippen molar-refractivity contribution in [2.24, 2.45) is 0 Å². The number of rotatable bonds is 5. The number of hydrogen-bond donors (Lipinski definition) is 0. The third-order valence-electron chi connectivity index (χ3n) is 1.86. The predicted molar refractivity (Wildman–Crippen MR) is 55.2 cm³/mol. The van der Waals surface area contributed by atoms with Gasteiger partial charge in [-0.05, 0) is 12.1 Å². The minimum absolute atomic E-state index is 0.207. The van der Waals surface area contributed by atoms with Crippen molar-refractivity contribution in [2.75, 3.05) is 20.5 Å². The van der Waals surface area contributed by atoms with Crippen molar-refractivity contribution in [1.29, 1.82) is 5.26 Å². The molecule has 0 heterocycles. The van der Waals surface area contributed by atoms with Gasteiger partial charge in [0.1, 0.15) is 6.61 Å². The molecule has 0 saturated carbocycles. The van der Waals surface area contributed by atoms with Gasteiger partial charge in [0.2, 0.25) is 0 Å². The second-order valence-electron chi connectivity index (χ2n) is 3.20. The highest BCUT2D eigenvalue weighted by Crippen LogP contribution is 2.27. The Hall–Kier alpha value is -1.94. The Bertz CT molecular complexity index is 440. The van der Waals surface area contributed by atoms with Crippen molar-refractivity contribution in [3.8, 4) is 17.6 Å². The maximum Gasteiger partial charge on any atom is 0.411 e. The number of benzene rings is 1. The van der Waals surface area contributed by atoms with Gasteiger partial charge in [-0.25, -0.2) is 0 Å². The lowest BCUT2D eigenvalue weighted by Crippen LogP contribution is -2.19. The zero-order chi connectivity index (χ0) is 13.6. The van der Waals surface area contributed by atoms with E-state index in [4.69, 9.17) is 14.7 Å². The molecule has 0 bridgehead atoms. The van der Waals surface area contributed by atoms with E-state index in [0.29, 0.717) is 5.56 Å². The van der Waals surface area contributed by atoms with Crippen LogP contribution in [0.25, 0.3) is 0 Å². The fourth-order valence-corrected chi connectivity index (χ4v) is 1.12. The highest BCUT2D eigenvalue weighted by Gasteiger charge is 2.27. The lowest BCUT2D eigenvalue weighted by molar-refractivity contribution is -0.186. The van der Waals surface area contributed by atoms with Crippen LogP contribution in [0.15, 0.2) is 18.2 Å². The van der Waals surface area contributed by atoms with Gasteiger partial charge in [-0.3, -0.25) is 0 Å². The summed E-state index contributed by atoms with van der Waals surface area (Å²) >= 11 is 0. The summed E-state index contributed by atoms with van der Waals surface area (Å²) in [7, 11) is 1.36. The maximum atomic E-state index is 11.8. The number of methoxy groups -OCH3 is 1. The van der Waals surface area contributed by atoms with E-state index in [1.165, 1.54) is 25.3 Å². The number of nitriles is 1. The fraction of sp³-hybridized carbons (Fsp3) is 0.364. The van der Waals surface area contributed by atoms with Crippen molar-refractivity contribution < 1.29 is 27.4 Å². The first-order valence-electron chi connectivity index (χ1n) is 4.81. The molecule has 0 radical (unpaired) electrons. The van der Waals surface area contributed by atoms with Gasteiger partial charge in [0, 0.05) is 6.07 Å². The van der Waals surface area contributed by atoms with Gasteiger partial charge in [-0.15, -0.1) is 0 Å². The first kappa shape index (κ1) is 14.1. The normalized spacial score (nSPS) is 10.8. The summed E-state index contributed by atoms with van der Waals surface area (Å²) in [5.41, 5.74) is 0.357. The standard InChI is InChI=1S/C11H10F3NO3/c1-16-10-4-8(5-15)2-3-9(10)18-7-17-6-11(12,13)14/h2-4H,6-7H2,1H3. The summed E-state index contributed by atoms with van der Waals surface area (Å²) in [5, 5.41) is 8.66. The van der Waals surface area contributed by atoms with Crippen LogP contribution in [-0.4, -0.2) is 26.7 Å². The molecule has 0 aliphatic rings. The van der Waals surface area contributed by atoms with Gasteiger partial charge in [-0.1, -0.05) is 0 Å². The average Bonchev–Trinajstić information content (AvgIpc) is 2.33. The summed E-state index contributed by atoms with van der Waals surface area (Å²) in [6.07, 6.45) is -4.39. The second kappa shape index (κ2) is 6.12. The molecule has 0 aromatic heterocycles. The van der Waals surface area contributed by atoms with Gasteiger partial charge in [0.25, 0.3) is 0 Å². The van der Waals surface area contributed by atoms with Crippen LogP contribution in [0.2, 0.25) is 0 Å². The number of hydrogen-bond acceptors (Lipinski definition) is 4. The van der Waals surface area contributed by atoms with Crippen molar-refractivity contribution in [2.45, 2.75) is 6.18 Å². The Kier molecular flexibility index (Phi) is 4.80. The first-order chi connectivity index (χ1) is 8.46. The second-order valence-corrected chi connectivity index (χ2v) is 3.20. The number of ether oxygens (including phenoxy) is 3. The van der Waals surface area contributed by atoms with Gasteiger partial charge in [0.05, 0.1) is 18.7 Å². The molecule has 1 rings (SSSR count). The van der Waals surface area contributed by atoms with Gasteiger partial charge in [-0.2, -0.15) is 18.4 Å². The minimum atomic E-state index is -4.39. The molecule has 0 unspecified atom stereocenters. The summed E-state index contributed by atoms with van der Waals surface area (Å²) in [6, 6.07) is 6.20. The lowest BCUT2D eigenvalue weighted by Gasteiger charge is -2.12. The van der Waals surface area contributed by atoms with Crippen molar-refractivity contribution in [1.82, 2.24) is 0 Å². The van der Waals surface area contributed by atoms with E-state index in [2.05, 4.69) is 4.74 Å². The molecule has 0 N–H and O–H groups in total. The van der Waals surface area contributed by atoms with Crippen LogP contribution in [0.1, 0.15) is 5.56 Å². The lowest BCUT2D eigenvalue weighted by atomic mass is 10.2. The summed E-state index contributed by atoms with van der Waals surface area (Å²) in [4.78, 5) is 0. The van der Waals surface area contributed by atoms with Crippen LogP contribution in [0, 0.1) is 11.3 Å². The molecule has 98 valence electrons. The van der Waals surface area contributed by atoms with Crippen LogP contribution >= 0.6 is 0 Å². The topological polar surface area (TPSA) is 51.5 Å². The van der Waals surface area contributed by atoms with E-state index in [0.717, 1.165) is 0 Å². The molecule has 0 spiro atoms. The third kappa shape index (κ3) is 4.51. The van der Waals surface area contributed by atoms with Crippen molar-refractivity contribution in [3.05, 3.63) is 23.8 Å². The van der Waals surface area contributed by atoms with Crippen LogP contribution in [0.5, 0.6) is 11.5 Å². The van der Waals surface area contributed by atoms with Crippen LogP contribution < -0.4 is 9.47 Å². The molecule has 0 aliphatic heterocycles. The molecule has 0 atom stereocenters. The Morgan fingerprint density at radius 2 is 2.00 bits per heavy atom. The highest BCUT2D eigenvalue weighted by molar-refractivity contribution is 5.46. The van der Waals surface area contributed by atoms with Crippen LogP contribution in [-0.2, 0) is 4.74 Å². The Labute approximate surface area is 101 Å². The monoisotopic (exact) mass is 261 g/mol. The van der Waals surface area contributed by atoms with E-state index < -0.39 is 19.6 Å². The zero-order valence-electron chi connectivity index (χ0n) is 9.45. The Balaban J connectivity index is 2.55. The SMILES string of the molecule is COc1cc(C#N)ccc1OCOCC(F)(F)F. The molecule has 0 aliphatic carbocycles. The summed E-state index contributed by atoms with van der Waals surface area (Å²) in [6.45, 7) is -1.94. The van der Waals surface area contributed by atoms with Gasteiger partial charge >= 0.3 is 6.18 Å². The highest BCUT2D eigenvalue weighted by atomic mass is 19.4. The van der Waals surface area contributed by atoms with Crippen molar-refractivity contribution in [3.63, 3.8) is 0 Å². The molecular weight excluding hydrogens is 251 g/mol. The Morgan fingerprint density at radius 3 is 2.56 bits per heavy atom. The predicted octanol–water partition coefficient (Wildman–Crippen LogP) is 2.48. The average molecular weight is 261 g/mol. The van der Waals surface area contributed by atoms with Gasteiger partial charge in [0.15, 0.2) is 18.3 Å². The third-order valence-corrected chi connectivity index (χ3v) is 1.86. The van der Waals surface area contributed by atoms with Crippen LogP contribution in [0.4, 0.5) is 13.2 Å². The fourth-order valence-electron chi connectivity index (χ4n) is 1.12. The molecule has 1 aromatic carbocycles. The molecule has 4 nitrogen and oxygen atoms in total. The van der Waals surface area contributed by atoms with Crippen LogP contribution in [0.3, 0.4) is 0 Å².